The van der Waals surface area contributed by atoms with Crippen LogP contribution in [0, 0.1) is 0 Å². The maximum atomic E-state index is 5.20. The van der Waals surface area contributed by atoms with Crippen molar-refractivity contribution in [2.75, 3.05) is 18.6 Å². The quantitative estimate of drug-likeness (QED) is 0.772. The molecular weight excluding hydrogens is 206 g/mol. The van der Waals surface area contributed by atoms with Gasteiger partial charge in [-0.25, -0.2) is 0 Å². The molecule has 2 nitrogen and oxygen atoms in total. The van der Waals surface area contributed by atoms with Gasteiger partial charge in [0.25, 0.3) is 0 Å². The van der Waals surface area contributed by atoms with Gasteiger partial charge < -0.3 is 9.73 Å². The Labute approximate surface area is 96.1 Å². The Morgan fingerprint density at radius 3 is 3.07 bits per heavy atom. The van der Waals surface area contributed by atoms with Gasteiger partial charge in [0.05, 0.1) is 6.26 Å². The van der Waals surface area contributed by atoms with E-state index in [1.807, 2.05) is 30.0 Å². The first-order valence-corrected chi connectivity index (χ1v) is 6.68. The van der Waals surface area contributed by atoms with E-state index in [0.29, 0.717) is 6.04 Å². The summed E-state index contributed by atoms with van der Waals surface area (Å²) in [4.78, 5) is 0. The number of nitrogens with one attached hydrogen (secondary N) is 1. The van der Waals surface area contributed by atoms with Gasteiger partial charge in [0.2, 0.25) is 0 Å². The average molecular weight is 225 g/mol. The van der Waals surface area contributed by atoms with Crippen molar-refractivity contribution in [1.82, 2.24) is 5.32 Å². The van der Waals surface area contributed by atoms with Crippen molar-refractivity contribution in [1.29, 1.82) is 0 Å². The standard InChI is InChI=1S/C12H19NOS/c1-3-11(10-15-2)13-8-4-6-12-7-5-9-14-12/h4-7,9,11,13H,3,8,10H2,1-2H3/b6-4+. The Hall–Kier alpha value is -0.670. The summed E-state index contributed by atoms with van der Waals surface area (Å²) in [7, 11) is 0. The van der Waals surface area contributed by atoms with Gasteiger partial charge in [-0.3, -0.25) is 0 Å². The first-order valence-electron chi connectivity index (χ1n) is 5.29. The minimum absolute atomic E-state index is 0.612. The Morgan fingerprint density at radius 1 is 1.60 bits per heavy atom. The van der Waals surface area contributed by atoms with Crippen LogP contribution in [0.4, 0.5) is 0 Å². The van der Waals surface area contributed by atoms with Crippen molar-refractivity contribution < 1.29 is 4.42 Å². The molecule has 1 heterocycles. The zero-order valence-corrected chi connectivity index (χ0v) is 10.2. The van der Waals surface area contributed by atoms with Crippen molar-refractivity contribution in [3.63, 3.8) is 0 Å². The van der Waals surface area contributed by atoms with Crippen LogP contribution in [0.15, 0.2) is 28.9 Å². The van der Waals surface area contributed by atoms with Crippen LogP contribution in [0.1, 0.15) is 19.1 Å². The SMILES string of the molecule is CCC(CSC)NC/C=C/c1ccco1. The van der Waals surface area contributed by atoms with Crippen LogP contribution in [0.25, 0.3) is 6.08 Å². The lowest BCUT2D eigenvalue weighted by molar-refractivity contribution is 0.555. The largest absolute Gasteiger partial charge is 0.465 e. The Bertz CT molecular complexity index is 269. The van der Waals surface area contributed by atoms with E-state index in [-0.39, 0.29) is 0 Å². The molecule has 1 atom stereocenters. The van der Waals surface area contributed by atoms with Gasteiger partial charge in [-0.1, -0.05) is 13.0 Å². The van der Waals surface area contributed by atoms with E-state index in [9.17, 15) is 0 Å². The van der Waals surface area contributed by atoms with Crippen LogP contribution in [-0.2, 0) is 0 Å². The molecule has 0 radical (unpaired) electrons. The highest BCUT2D eigenvalue weighted by molar-refractivity contribution is 7.98. The first-order chi connectivity index (χ1) is 7.36. The molecular formula is C12H19NOS. The third-order valence-corrected chi connectivity index (χ3v) is 2.95. The predicted molar refractivity (Wildman–Crippen MR) is 68.2 cm³/mol. The molecule has 1 aromatic heterocycles. The van der Waals surface area contributed by atoms with Gasteiger partial charge in [0.1, 0.15) is 5.76 Å². The maximum Gasteiger partial charge on any atom is 0.126 e. The molecule has 3 heteroatoms. The third-order valence-electron chi connectivity index (χ3n) is 2.21. The summed E-state index contributed by atoms with van der Waals surface area (Å²) in [6.45, 7) is 3.11. The Morgan fingerprint density at radius 2 is 2.47 bits per heavy atom. The van der Waals surface area contributed by atoms with Gasteiger partial charge in [-0.05, 0) is 30.9 Å². The molecule has 1 N–H and O–H groups in total. The third kappa shape index (κ3) is 5.09. The van der Waals surface area contributed by atoms with Crippen LogP contribution in [0.3, 0.4) is 0 Å². The van der Waals surface area contributed by atoms with E-state index in [1.165, 1.54) is 12.2 Å². The monoisotopic (exact) mass is 225 g/mol. The number of furan rings is 1. The number of hydrogen-bond donors (Lipinski definition) is 1. The lowest BCUT2D eigenvalue weighted by Gasteiger charge is -2.13. The van der Waals surface area contributed by atoms with E-state index in [4.69, 9.17) is 4.42 Å². The molecule has 0 fully saturated rings. The molecule has 1 unspecified atom stereocenters. The second-order valence-electron chi connectivity index (χ2n) is 3.39. The summed E-state index contributed by atoms with van der Waals surface area (Å²) < 4.78 is 5.20. The van der Waals surface area contributed by atoms with Crippen LogP contribution >= 0.6 is 11.8 Å². The molecule has 84 valence electrons. The summed E-state index contributed by atoms with van der Waals surface area (Å²) in [5.74, 6) is 2.08. The Balaban J connectivity index is 2.19. The summed E-state index contributed by atoms with van der Waals surface area (Å²) in [5.41, 5.74) is 0. The van der Waals surface area contributed by atoms with Crippen LogP contribution < -0.4 is 5.32 Å². The molecule has 0 aliphatic heterocycles. The molecule has 0 aliphatic rings. The lowest BCUT2D eigenvalue weighted by Crippen LogP contribution is -2.30. The minimum Gasteiger partial charge on any atom is -0.465 e. The number of hydrogen-bond acceptors (Lipinski definition) is 3. The smallest absolute Gasteiger partial charge is 0.126 e. The molecule has 0 spiro atoms. The highest BCUT2D eigenvalue weighted by Gasteiger charge is 2.01. The van der Waals surface area contributed by atoms with Crippen LogP contribution in [0.2, 0.25) is 0 Å². The van der Waals surface area contributed by atoms with Crippen molar-refractivity contribution in [3.05, 3.63) is 30.2 Å². The zero-order valence-electron chi connectivity index (χ0n) is 9.40. The van der Waals surface area contributed by atoms with E-state index < -0.39 is 0 Å². The summed E-state index contributed by atoms with van der Waals surface area (Å²) in [5, 5.41) is 3.48. The highest BCUT2D eigenvalue weighted by atomic mass is 32.2. The molecule has 0 amide bonds. The van der Waals surface area contributed by atoms with Gasteiger partial charge in [0.15, 0.2) is 0 Å². The van der Waals surface area contributed by atoms with E-state index in [1.54, 1.807) is 6.26 Å². The molecule has 1 rings (SSSR count). The normalized spacial score (nSPS) is 13.5. The van der Waals surface area contributed by atoms with Gasteiger partial charge in [-0.2, -0.15) is 11.8 Å². The fourth-order valence-electron chi connectivity index (χ4n) is 1.32. The number of thioether (sulfide) groups is 1. The first kappa shape index (κ1) is 12.4. The summed E-state index contributed by atoms with van der Waals surface area (Å²) >= 11 is 1.88. The van der Waals surface area contributed by atoms with E-state index >= 15 is 0 Å². The van der Waals surface area contributed by atoms with E-state index in [2.05, 4.69) is 24.6 Å². The summed E-state index contributed by atoms with van der Waals surface area (Å²) in [6.07, 6.45) is 9.11. The van der Waals surface area contributed by atoms with Crippen LogP contribution in [-0.4, -0.2) is 24.6 Å². The second-order valence-corrected chi connectivity index (χ2v) is 4.30. The van der Waals surface area contributed by atoms with Crippen molar-refractivity contribution >= 4 is 17.8 Å². The molecule has 0 aromatic carbocycles. The molecule has 0 saturated heterocycles. The lowest BCUT2D eigenvalue weighted by atomic mass is 10.2. The topological polar surface area (TPSA) is 25.2 Å². The van der Waals surface area contributed by atoms with Crippen LogP contribution in [0.5, 0.6) is 0 Å². The molecule has 15 heavy (non-hydrogen) atoms. The van der Waals surface area contributed by atoms with Crippen molar-refractivity contribution in [2.24, 2.45) is 0 Å². The Kier molecular flexibility index (Phi) is 6.28. The molecule has 0 aliphatic carbocycles. The highest BCUT2D eigenvalue weighted by Crippen LogP contribution is 2.03. The van der Waals surface area contributed by atoms with Gasteiger partial charge in [-0.15, -0.1) is 0 Å². The van der Waals surface area contributed by atoms with Crippen molar-refractivity contribution in [2.45, 2.75) is 19.4 Å². The van der Waals surface area contributed by atoms with Gasteiger partial charge >= 0.3 is 0 Å². The van der Waals surface area contributed by atoms with Crippen molar-refractivity contribution in [3.8, 4) is 0 Å². The number of rotatable bonds is 7. The minimum atomic E-state index is 0.612. The fourth-order valence-corrected chi connectivity index (χ4v) is 2.07. The van der Waals surface area contributed by atoms with E-state index in [0.717, 1.165) is 12.3 Å². The maximum absolute atomic E-state index is 5.20. The van der Waals surface area contributed by atoms with Gasteiger partial charge in [0, 0.05) is 18.3 Å². The predicted octanol–water partition coefficient (Wildman–Crippen LogP) is 3.02. The second kappa shape index (κ2) is 7.60. The fraction of sp³-hybridized carbons (Fsp3) is 0.500. The molecule has 1 aromatic rings. The molecule has 0 saturated carbocycles. The summed E-state index contributed by atoms with van der Waals surface area (Å²) in [6, 6.07) is 4.46. The zero-order chi connectivity index (χ0) is 10.9. The molecule has 0 bridgehead atoms. The average Bonchev–Trinajstić information content (AvgIpc) is 2.75.